The van der Waals surface area contributed by atoms with Crippen LogP contribution in [0, 0.1) is 13.8 Å². The number of para-hydroxylation sites is 1. The Morgan fingerprint density at radius 1 is 0.382 bits per heavy atom. The molecular formula is C53H44N2. The average molecular weight is 709 g/mol. The van der Waals surface area contributed by atoms with E-state index in [1.807, 2.05) is 0 Å². The van der Waals surface area contributed by atoms with Gasteiger partial charge in [-0.25, -0.2) is 0 Å². The van der Waals surface area contributed by atoms with Gasteiger partial charge in [0.25, 0.3) is 0 Å². The van der Waals surface area contributed by atoms with Gasteiger partial charge in [-0.2, -0.15) is 0 Å². The van der Waals surface area contributed by atoms with E-state index < -0.39 is 0 Å². The molecule has 0 atom stereocenters. The third kappa shape index (κ3) is 6.62. The average Bonchev–Trinajstić information content (AvgIpc) is 3.55. The summed E-state index contributed by atoms with van der Waals surface area (Å²) in [5.74, 6) is 0.454. The molecule has 9 rings (SSSR count). The predicted octanol–water partition coefficient (Wildman–Crippen LogP) is 15.0. The van der Waals surface area contributed by atoms with Crippen molar-refractivity contribution in [1.29, 1.82) is 0 Å². The summed E-state index contributed by atoms with van der Waals surface area (Å²) in [4.78, 5) is 2.36. The van der Waals surface area contributed by atoms with E-state index >= 15 is 0 Å². The molecule has 0 bridgehead atoms. The van der Waals surface area contributed by atoms with Gasteiger partial charge in [-0.1, -0.05) is 140 Å². The van der Waals surface area contributed by atoms with Crippen molar-refractivity contribution in [3.63, 3.8) is 0 Å². The summed E-state index contributed by atoms with van der Waals surface area (Å²) < 4.78 is 2.40. The van der Waals surface area contributed by atoms with Gasteiger partial charge in [0.05, 0.1) is 11.0 Å². The zero-order valence-corrected chi connectivity index (χ0v) is 31.9. The van der Waals surface area contributed by atoms with Crippen molar-refractivity contribution in [1.82, 2.24) is 4.57 Å². The van der Waals surface area contributed by atoms with E-state index in [-0.39, 0.29) is 0 Å². The predicted molar refractivity (Wildman–Crippen MR) is 235 cm³/mol. The minimum Gasteiger partial charge on any atom is -0.311 e. The van der Waals surface area contributed by atoms with Crippen molar-refractivity contribution in [2.45, 2.75) is 33.6 Å². The lowest BCUT2D eigenvalue weighted by Crippen LogP contribution is -2.09. The number of aromatic nitrogens is 1. The molecule has 9 aromatic rings. The number of benzene rings is 8. The van der Waals surface area contributed by atoms with Gasteiger partial charge in [-0.05, 0) is 132 Å². The van der Waals surface area contributed by atoms with Crippen LogP contribution in [-0.4, -0.2) is 4.57 Å². The first-order chi connectivity index (χ1) is 26.9. The Bertz CT molecular complexity index is 2680. The molecule has 0 unspecified atom stereocenters. The van der Waals surface area contributed by atoms with Crippen LogP contribution in [0.4, 0.5) is 17.1 Å². The van der Waals surface area contributed by atoms with E-state index in [0.717, 1.165) is 17.1 Å². The molecule has 0 amide bonds. The molecule has 1 aromatic heterocycles. The number of hydrogen-bond donors (Lipinski definition) is 0. The second-order valence-electron chi connectivity index (χ2n) is 15.0. The van der Waals surface area contributed by atoms with Gasteiger partial charge in [-0.3, -0.25) is 0 Å². The summed E-state index contributed by atoms with van der Waals surface area (Å²) in [5.41, 5.74) is 18.1. The molecule has 0 saturated heterocycles. The van der Waals surface area contributed by atoms with Gasteiger partial charge in [0.1, 0.15) is 0 Å². The number of fused-ring (bicyclic) bond motifs is 3. The zero-order chi connectivity index (χ0) is 37.5. The van der Waals surface area contributed by atoms with Crippen LogP contribution in [0.5, 0.6) is 0 Å². The normalized spacial score (nSPS) is 11.4. The maximum absolute atomic E-state index is 2.40. The third-order valence-corrected chi connectivity index (χ3v) is 10.9. The Labute approximate surface area is 324 Å². The molecule has 0 aliphatic heterocycles. The number of nitrogens with zero attached hydrogens (tertiary/aromatic N) is 2. The molecule has 8 aromatic carbocycles. The van der Waals surface area contributed by atoms with Crippen molar-refractivity contribution in [3.8, 4) is 39.1 Å². The number of hydrogen-bond acceptors (Lipinski definition) is 1. The Morgan fingerprint density at radius 3 is 1.29 bits per heavy atom. The largest absolute Gasteiger partial charge is 0.311 e. The molecule has 55 heavy (non-hydrogen) atoms. The highest BCUT2D eigenvalue weighted by Gasteiger charge is 2.17. The summed E-state index contributed by atoms with van der Waals surface area (Å²) in [6, 6.07) is 68.9. The van der Waals surface area contributed by atoms with Crippen molar-refractivity contribution in [2.24, 2.45) is 0 Å². The van der Waals surface area contributed by atoms with Crippen LogP contribution in [0.3, 0.4) is 0 Å². The quantitative estimate of drug-likeness (QED) is 0.153. The van der Waals surface area contributed by atoms with E-state index in [1.165, 1.54) is 77.6 Å². The molecule has 0 saturated carbocycles. The first kappa shape index (κ1) is 34.1. The Kier molecular flexibility index (Phi) is 8.88. The lowest BCUT2D eigenvalue weighted by atomic mass is 9.99. The van der Waals surface area contributed by atoms with Crippen molar-refractivity contribution in [3.05, 3.63) is 205 Å². The van der Waals surface area contributed by atoms with Gasteiger partial charge in [0, 0.05) is 33.5 Å². The molecule has 0 aliphatic rings. The van der Waals surface area contributed by atoms with Gasteiger partial charge in [0.2, 0.25) is 0 Å². The van der Waals surface area contributed by atoms with E-state index in [2.05, 4.69) is 225 Å². The highest BCUT2D eigenvalue weighted by atomic mass is 15.1. The molecule has 0 N–H and O–H groups in total. The van der Waals surface area contributed by atoms with Crippen molar-refractivity contribution in [2.75, 3.05) is 4.90 Å². The molecule has 2 heteroatoms. The van der Waals surface area contributed by atoms with E-state index in [1.54, 1.807) is 0 Å². The molecule has 1 heterocycles. The van der Waals surface area contributed by atoms with Crippen LogP contribution in [-0.2, 0) is 0 Å². The van der Waals surface area contributed by atoms with Crippen LogP contribution in [0.15, 0.2) is 188 Å². The Balaban J connectivity index is 1.11. The smallest absolute Gasteiger partial charge is 0.0541 e. The molecule has 0 radical (unpaired) electrons. The Hall–Kier alpha value is -6.64. The van der Waals surface area contributed by atoms with Crippen molar-refractivity contribution < 1.29 is 0 Å². The minimum atomic E-state index is 0.454. The first-order valence-electron chi connectivity index (χ1n) is 19.3. The van der Waals surface area contributed by atoms with Crippen LogP contribution in [0.1, 0.15) is 36.5 Å². The van der Waals surface area contributed by atoms with E-state index in [4.69, 9.17) is 0 Å². The topological polar surface area (TPSA) is 8.17 Å². The van der Waals surface area contributed by atoms with E-state index in [9.17, 15) is 0 Å². The summed E-state index contributed by atoms with van der Waals surface area (Å²) in [6.45, 7) is 8.83. The van der Waals surface area contributed by atoms with Crippen LogP contribution in [0.2, 0.25) is 0 Å². The molecule has 2 nitrogen and oxygen atoms in total. The minimum absolute atomic E-state index is 0.454. The lowest BCUT2D eigenvalue weighted by Gasteiger charge is -2.26. The maximum Gasteiger partial charge on any atom is 0.0541 e. The molecule has 0 fully saturated rings. The van der Waals surface area contributed by atoms with Crippen LogP contribution >= 0.6 is 0 Å². The highest BCUT2D eigenvalue weighted by Crippen LogP contribution is 2.40. The monoisotopic (exact) mass is 708 g/mol. The number of rotatable bonds is 8. The third-order valence-electron chi connectivity index (χ3n) is 10.9. The number of anilines is 3. The summed E-state index contributed by atoms with van der Waals surface area (Å²) in [5, 5.41) is 2.56. The number of aryl methyl sites for hydroxylation is 2. The SMILES string of the molecule is Cc1cccc(-c2ccc(N(c3ccc(-c4cccc(C)c4)cc3)c3ccc(-c4ccc5c(c4)c4cc(C(C)C)ccc4n5-c4ccccc4)cc3)cc2)c1. The summed E-state index contributed by atoms with van der Waals surface area (Å²) >= 11 is 0. The molecule has 0 spiro atoms. The maximum atomic E-state index is 2.40. The fourth-order valence-electron chi connectivity index (χ4n) is 7.94. The fraction of sp³-hybridized carbons (Fsp3) is 0.0943. The lowest BCUT2D eigenvalue weighted by molar-refractivity contribution is 0.868. The van der Waals surface area contributed by atoms with Gasteiger partial charge in [0.15, 0.2) is 0 Å². The summed E-state index contributed by atoms with van der Waals surface area (Å²) in [7, 11) is 0. The standard InChI is InChI=1S/C53H44N2/c1-36(2)42-22-30-52-50(34-42)51-35-45(23-31-53(51)55(52)46-14-6-5-7-15-46)41-20-28-49(29-21-41)54(47-24-16-39(17-25-47)43-12-8-10-37(3)32-43)48-26-18-40(19-27-48)44-13-9-11-38(4)33-44/h5-36H,1-4H3. The van der Waals surface area contributed by atoms with Gasteiger partial charge >= 0.3 is 0 Å². The second-order valence-corrected chi connectivity index (χ2v) is 15.0. The zero-order valence-electron chi connectivity index (χ0n) is 31.9. The van der Waals surface area contributed by atoms with Gasteiger partial charge < -0.3 is 9.47 Å². The Morgan fingerprint density at radius 2 is 0.818 bits per heavy atom. The van der Waals surface area contributed by atoms with Crippen LogP contribution < -0.4 is 4.90 Å². The van der Waals surface area contributed by atoms with Crippen molar-refractivity contribution >= 4 is 38.9 Å². The van der Waals surface area contributed by atoms with Crippen LogP contribution in [0.25, 0.3) is 60.9 Å². The fourth-order valence-corrected chi connectivity index (χ4v) is 7.94. The second kappa shape index (κ2) is 14.3. The summed E-state index contributed by atoms with van der Waals surface area (Å²) in [6.07, 6.45) is 0. The van der Waals surface area contributed by atoms with Gasteiger partial charge in [-0.15, -0.1) is 0 Å². The molecule has 0 aliphatic carbocycles. The highest BCUT2D eigenvalue weighted by molar-refractivity contribution is 6.10. The van der Waals surface area contributed by atoms with E-state index in [0.29, 0.717) is 5.92 Å². The molecule has 266 valence electrons. The molecular weight excluding hydrogens is 665 g/mol. The first-order valence-corrected chi connectivity index (χ1v) is 19.3.